The van der Waals surface area contributed by atoms with Gasteiger partial charge in [-0.15, -0.1) is 0 Å². The number of pyridine rings is 3. The normalized spacial score (nSPS) is 17.8. The van der Waals surface area contributed by atoms with Gasteiger partial charge < -0.3 is 15.4 Å². The fourth-order valence-electron chi connectivity index (χ4n) is 3.59. The van der Waals surface area contributed by atoms with Crippen molar-refractivity contribution in [2.75, 3.05) is 18.4 Å². The molecule has 1 aliphatic carbocycles. The van der Waals surface area contributed by atoms with E-state index in [1.165, 1.54) is 0 Å². The molecule has 1 saturated heterocycles. The van der Waals surface area contributed by atoms with Gasteiger partial charge in [-0.25, -0.2) is 9.97 Å². The highest BCUT2D eigenvalue weighted by molar-refractivity contribution is 5.96. The molecular weight excluding hydrogens is 390 g/mol. The van der Waals surface area contributed by atoms with Crippen molar-refractivity contribution in [3.8, 4) is 17.6 Å². The van der Waals surface area contributed by atoms with Gasteiger partial charge in [0.1, 0.15) is 23.4 Å². The van der Waals surface area contributed by atoms with Crippen molar-refractivity contribution in [3.63, 3.8) is 0 Å². The largest absolute Gasteiger partial charge is 0.487 e. The lowest BCUT2D eigenvalue weighted by Gasteiger charge is -2.11. The zero-order valence-electron chi connectivity index (χ0n) is 17.3. The molecule has 7 nitrogen and oxygen atoms in total. The Labute approximate surface area is 180 Å². The average Bonchev–Trinajstić information content (AvgIpc) is 3.52. The molecule has 7 heteroatoms. The number of hydrogen-bond acceptors (Lipinski definition) is 6. The van der Waals surface area contributed by atoms with Gasteiger partial charge in [0, 0.05) is 41.3 Å². The van der Waals surface area contributed by atoms with Crippen LogP contribution in [0.15, 0.2) is 36.8 Å². The Bertz CT molecular complexity index is 1190. The second-order valence-corrected chi connectivity index (χ2v) is 8.00. The summed E-state index contributed by atoms with van der Waals surface area (Å²) in [4.78, 5) is 25.3. The Hall–Kier alpha value is -3.50. The molecule has 1 aliphatic heterocycles. The van der Waals surface area contributed by atoms with E-state index in [1.54, 1.807) is 18.6 Å². The summed E-state index contributed by atoms with van der Waals surface area (Å²) >= 11 is 0. The average molecular weight is 413 g/mol. The van der Waals surface area contributed by atoms with Crippen molar-refractivity contribution in [1.82, 2.24) is 20.3 Å². The third kappa shape index (κ3) is 4.49. The molecule has 4 heterocycles. The number of amides is 1. The molecular formula is C24H23N5O2. The van der Waals surface area contributed by atoms with E-state index >= 15 is 0 Å². The minimum absolute atomic E-state index is 0.0326. The zero-order valence-corrected chi connectivity index (χ0v) is 17.3. The molecule has 156 valence electrons. The maximum Gasteiger partial charge on any atom is 0.228 e. The van der Waals surface area contributed by atoms with Crippen LogP contribution in [0.3, 0.4) is 0 Å². The van der Waals surface area contributed by atoms with Crippen molar-refractivity contribution in [3.05, 3.63) is 53.7 Å². The Morgan fingerprint density at radius 1 is 1.10 bits per heavy atom. The van der Waals surface area contributed by atoms with E-state index < -0.39 is 0 Å². The number of fused-ring (bicyclic) bond motifs is 1. The highest BCUT2D eigenvalue weighted by Gasteiger charge is 2.29. The highest BCUT2D eigenvalue weighted by Crippen LogP contribution is 2.30. The molecule has 1 atom stereocenters. The lowest BCUT2D eigenvalue weighted by molar-refractivity contribution is -0.117. The van der Waals surface area contributed by atoms with Crippen LogP contribution in [0.4, 0.5) is 5.82 Å². The number of carbonyl (C=O) groups excluding carboxylic acids is 1. The summed E-state index contributed by atoms with van der Waals surface area (Å²) in [5, 5.41) is 8.01. The summed E-state index contributed by atoms with van der Waals surface area (Å²) in [6.45, 7) is 3.79. The minimum Gasteiger partial charge on any atom is -0.487 e. The Morgan fingerprint density at radius 3 is 2.74 bits per heavy atom. The van der Waals surface area contributed by atoms with E-state index in [9.17, 15) is 4.79 Å². The van der Waals surface area contributed by atoms with E-state index in [0.29, 0.717) is 11.5 Å². The summed E-state index contributed by atoms with van der Waals surface area (Å²) in [6, 6.07) is 5.63. The number of anilines is 1. The lowest BCUT2D eigenvalue weighted by Crippen LogP contribution is -2.19. The van der Waals surface area contributed by atoms with Crippen molar-refractivity contribution >= 4 is 22.5 Å². The zero-order chi connectivity index (χ0) is 21.2. The third-order valence-electron chi connectivity index (χ3n) is 5.55. The highest BCUT2D eigenvalue weighted by atomic mass is 16.5. The van der Waals surface area contributed by atoms with Crippen LogP contribution in [0.1, 0.15) is 36.2 Å². The van der Waals surface area contributed by atoms with Crippen molar-refractivity contribution < 1.29 is 9.53 Å². The molecule has 2 fully saturated rings. The second kappa shape index (κ2) is 8.32. The van der Waals surface area contributed by atoms with E-state index in [-0.39, 0.29) is 17.9 Å². The van der Waals surface area contributed by atoms with Crippen molar-refractivity contribution in [1.29, 1.82) is 0 Å². The number of carbonyl (C=O) groups is 1. The fourth-order valence-corrected chi connectivity index (χ4v) is 3.59. The molecule has 0 bridgehead atoms. The summed E-state index contributed by atoms with van der Waals surface area (Å²) in [5.74, 6) is 7.73. The van der Waals surface area contributed by atoms with Crippen LogP contribution in [0.2, 0.25) is 0 Å². The Balaban J connectivity index is 1.38. The first-order valence-electron chi connectivity index (χ1n) is 10.6. The molecule has 1 saturated carbocycles. The van der Waals surface area contributed by atoms with Crippen LogP contribution in [0, 0.1) is 24.7 Å². The predicted octanol–water partition coefficient (Wildman–Crippen LogP) is 2.82. The maximum absolute atomic E-state index is 12.1. The van der Waals surface area contributed by atoms with Gasteiger partial charge >= 0.3 is 0 Å². The minimum atomic E-state index is 0.0326. The fraction of sp³-hybridized carbons (Fsp3) is 0.333. The molecule has 0 radical (unpaired) electrons. The first kappa shape index (κ1) is 19.5. The number of nitrogens with one attached hydrogen (secondary N) is 2. The van der Waals surface area contributed by atoms with Gasteiger partial charge in [0.05, 0.1) is 11.8 Å². The second-order valence-electron chi connectivity index (χ2n) is 8.00. The number of hydrogen-bond donors (Lipinski definition) is 2. The van der Waals surface area contributed by atoms with Gasteiger partial charge in [0.2, 0.25) is 5.91 Å². The molecule has 1 unspecified atom stereocenters. The number of ether oxygens (including phenoxy) is 1. The van der Waals surface area contributed by atoms with E-state index in [2.05, 4.69) is 37.4 Å². The lowest BCUT2D eigenvalue weighted by atomic mass is 10.1. The van der Waals surface area contributed by atoms with E-state index in [1.807, 2.05) is 25.1 Å². The molecule has 3 aromatic heterocycles. The number of rotatable bonds is 4. The van der Waals surface area contributed by atoms with Crippen LogP contribution < -0.4 is 15.4 Å². The number of aryl methyl sites for hydroxylation is 1. The molecule has 2 aliphatic rings. The van der Waals surface area contributed by atoms with Crippen LogP contribution in [-0.2, 0) is 4.79 Å². The first-order chi connectivity index (χ1) is 15.2. The summed E-state index contributed by atoms with van der Waals surface area (Å²) in [5.41, 5.74) is 2.29. The Morgan fingerprint density at radius 2 is 2.00 bits per heavy atom. The van der Waals surface area contributed by atoms with Gasteiger partial charge in [0.15, 0.2) is 0 Å². The van der Waals surface area contributed by atoms with Crippen LogP contribution >= 0.6 is 0 Å². The standard InChI is InChI=1S/C24H23N5O2/c1-15-22-14-28-23(29-24(30)16-2-3-16)10-21(22)17(11-26-15)4-5-18-6-7-19(13-27-18)31-20-8-9-25-12-20/h6-7,10-11,13-14,16,20,25H,2-3,8-9,12H2,1H3,(H,28,29,30). The monoisotopic (exact) mass is 413 g/mol. The first-order valence-corrected chi connectivity index (χ1v) is 10.6. The van der Waals surface area contributed by atoms with Crippen LogP contribution in [0.5, 0.6) is 5.75 Å². The van der Waals surface area contributed by atoms with Gasteiger partial charge in [-0.2, -0.15) is 0 Å². The predicted molar refractivity (Wildman–Crippen MR) is 118 cm³/mol. The van der Waals surface area contributed by atoms with Crippen LogP contribution in [-0.4, -0.2) is 40.1 Å². The molecule has 5 rings (SSSR count). The smallest absolute Gasteiger partial charge is 0.228 e. The van der Waals surface area contributed by atoms with Crippen LogP contribution in [0.25, 0.3) is 10.8 Å². The van der Waals surface area contributed by atoms with Gasteiger partial charge in [-0.3, -0.25) is 9.78 Å². The van der Waals surface area contributed by atoms with Crippen molar-refractivity contribution in [2.24, 2.45) is 5.92 Å². The molecule has 0 aromatic carbocycles. The molecule has 1 amide bonds. The SMILES string of the molecule is Cc1ncc(C#Cc2ccc(OC3CCNC3)cn2)c2cc(NC(=O)C3CC3)ncc12. The van der Waals surface area contributed by atoms with Gasteiger partial charge in [-0.05, 0) is 56.9 Å². The van der Waals surface area contributed by atoms with E-state index in [0.717, 1.165) is 60.1 Å². The maximum atomic E-state index is 12.1. The number of aromatic nitrogens is 3. The van der Waals surface area contributed by atoms with Crippen molar-refractivity contribution in [2.45, 2.75) is 32.3 Å². The quantitative estimate of drug-likeness (QED) is 0.640. The molecule has 2 N–H and O–H groups in total. The summed E-state index contributed by atoms with van der Waals surface area (Å²) in [6.07, 6.45) is 8.32. The topological polar surface area (TPSA) is 89.0 Å². The third-order valence-corrected chi connectivity index (χ3v) is 5.55. The molecule has 3 aromatic rings. The number of nitrogens with zero attached hydrogens (tertiary/aromatic N) is 3. The molecule has 31 heavy (non-hydrogen) atoms. The molecule has 0 spiro atoms. The van der Waals surface area contributed by atoms with Gasteiger partial charge in [-0.1, -0.05) is 5.92 Å². The van der Waals surface area contributed by atoms with E-state index in [4.69, 9.17) is 4.74 Å². The van der Waals surface area contributed by atoms with Gasteiger partial charge in [0.25, 0.3) is 0 Å². The Kier molecular flexibility index (Phi) is 5.23. The summed E-state index contributed by atoms with van der Waals surface area (Å²) < 4.78 is 5.91. The summed E-state index contributed by atoms with van der Waals surface area (Å²) in [7, 11) is 0.